The number of aliphatic hydroxyl groups excluding tert-OH is 1. The van der Waals surface area contributed by atoms with Gasteiger partial charge in [-0.3, -0.25) is 0 Å². The van der Waals surface area contributed by atoms with Crippen molar-refractivity contribution < 1.29 is 9.84 Å². The fourth-order valence-corrected chi connectivity index (χ4v) is 2.34. The summed E-state index contributed by atoms with van der Waals surface area (Å²) in [4.78, 5) is 8.13. The third-order valence-corrected chi connectivity index (χ3v) is 3.33. The van der Waals surface area contributed by atoms with Crippen LogP contribution in [0, 0.1) is 5.92 Å². The molecule has 0 aliphatic heterocycles. The third kappa shape index (κ3) is 3.06. The van der Waals surface area contributed by atoms with Crippen molar-refractivity contribution >= 4 is 5.82 Å². The van der Waals surface area contributed by atoms with Gasteiger partial charge in [-0.25, -0.2) is 9.97 Å². The second kappa shape index (κ2) is 5.82. The lowest BCUT2D eigenvalue weighted by molar-refractivity contribution is 0.178. The Morgan fingerprint density at radius 3 is 3.00 bits per heavy atom. The Bertz CT molecular complexity index is 359. The molecule has 1 heterocycles. The molecule has 1 aromatic heterocycles. The molecular formula is C12H19N3O2. The maximum atomic E-state index is 9.34. The van der Waals surface area contributed by atoms with Crippen LogP contribution in [0.3, 0.4) is 0 Å². The first-order chi connectivity index (χ1) is 8.33. The Morgan fingerprint density at radius 2 is 2.24 bits per heavy atom. The summed E-state index contributed by atoms with van der Waals surface area (Å²) in [5.41, 5.74) is 0. The molecule has 17 heavy (non-hydrogen) atoms. The molecule has 2 rings (SSSR count). The number of aromatic nitrogens is 2. The third-order valence-electron chi connectivity index (χ3n) is 3.33. The van der Waals surface area contributed by atoms with Gasteiger partial charge in [0, 0.05) is 24.6 Å². The lowest BCUT2D eigenvalue weighted by Crippen LogP contribution is -2.34. The molecule has 2 atom stereocenters. The molecule has 1 aromatic rings. The van der Waals surface area contributed by atoms with Crippen LogP contribution in [0.2, 0.25) is 0 Å². The number of aliphatic hydroxyl groups is 1. The fourth-order valence-electron chi connectivity index (χ4n) is 2.34. The van der Waals surface area contributed by atoms with E-state index in [1.54, 1.807) is 13.2 Å². The second-order valence-electron chi connectivity index (χ2n) is 4.42. The van der Waals surface area contributed by atoms with Gasteiger partial charge >= 0.3 is 0 Å². The van der Waals surface area contributed by atoms with Crippen molar-refractivity contribution in [2.75, 3.05) is 19.0 Å². The molecule has 0 saturated heterocycles. The molecule has 0 bridgehead atoms. The van der Waals surface area contributed by atoms with Crippen LogP contribution < -0.4 is 10.1 Å². The van der Waals surface area contributed by atoms with E-state index in [0.29, 0.717) is 17.8 Å². The Labute approximate surface area is 101 Å². The molecule has 0 amide bonds. The van der Waals surface area contributed by atoms with Crippen molar-refractivity contribution in [3.05, 3.63) is 12.4 Å². The van der Waals surface area contributed by atoms with Gasteiger partial charge in [-0.1, -0.05) is 12.8 Å². The van der Waals surface area contributed by atoms with E-state index in [9.17, 15) is 5.11 Å². The van der Waals surface area contributed by atoms with E-state index in [4.69, 9.17) is 4.74 Å². The Morgan fingerprint density at radius 1 is 1.41 bits per heavy atom. The molecule has 94 valence electrons. The minimum atomic E-state index is 0.236. The Kier molecular flexibility index (Phi) is 4.14. The van der Waals surface area contributed by atoms with Gasteiger partial charge < -0.3 is 15.2 Å². The highest BCUT2D eigenvalue weighted by molar-refractivity contribution is 5.38. The first-order valence-corrected chi connectivity index (χ1v) is 6.07. The van der Waals surface area contributed by atoms with Gasteiger partial charge in [0.05, 0.1) is 7.11 Å². The van der Waals surface area contributed by atoms with Gasteiger partial charge in [-0.05, 0) is 12.8 Å². The average molecular weight is 237 g/mol. The maximum Gasteiger partial charge on any atom is 0.218 e. The monoisotopic (exact) mass is 237 g/mol. The van der Waals surface area contributed by atoms with Gasteiger partial charge in [0.25, 0.3) is 0 Å². The number of hydrogen-bond acceptors (Lipinski definition) is 5. The smallest absolute Gasteiger partial charge is 0.218 e. The van der Waals surface area contributed by atoms with E-state index in [-0.39, 0.29) is 6.61 Å². The molecule has 1 aliphatic carbocycles. The first-order valence-electron chi connectivity index (χ1n) is 6.07. The van der Waals surface area contributed by atoms with Gasteiger partial charge in [0.2, 0.25) is 5.88 Å². The normalized spacial score (nSPS) is 24.4. The van der Waals surface area contributed by atoms with Crippen molar-refractivity contribution in [3.63, 3.8) is 0 Å². The van der Waals surface area contributed by atoms with Crippen molar-refractivity contribution in [3.8, 4) is 5.88 Å². The number of hydrogen-bond donors (Lipinski definition) is 2. The van der Waals surface area contributed by atoms with Crippen LogP contribution in [0.4, 0.5) is 5.82 Å². The fraction of sp³-hybridized carbons (Fsp3) is 0.667. The number of rotatable bonds is 4. The van der Waals surface area contributed by atoms with Crippen molar-refractivity contribution in [2.45, 2.75) is 31.7 Å². The van der Waals surface area contributed by atoms with Crippen molar-refractivity contribution in [1.29, 1.82) is 0 Å². The SMILES string of the molecule is COc1cc(NC2CCCCC2CO)ncn1. The highest BCUT2D eigenvalue weighted by atomic mass is 16.5. The summed E-state index contributed by atoms with van der Waals surface area (Å²) in [7, 11) is 1.59. The van der Waals surface area contributed by atoms with Crippen LogP contribution in [0.25, 0.3) is 0 Å². The predicted octanol–water partition coefficient (Wildman–Crippen LogP) is 1.45. The zero-order valence-corrected chi connectivity index (χ0v) is 10.1. The van der Waals surface area contributed by atoms with E-state index in [0.717, 1.165) is 18.7 Å². The Hall–Kier alpha value is -1.36. The second-order valence-corrected chi connectivity index (χ2v) is 4.42. The summed E-state index contributed by atoms with van der Waals surface area (Å²) >= 11 is 0. The summed E-state index contributed by atoms with van der Waals surface area (Å²) in [5, 5.41) is 12.7. The number of methoxy groups -OCH3 is 1. The van der Waals surface area contributed by atoms with E-state index in [2.05, 4.69) is 15.3 Å². The van der Waals surface area contributed by atoms with Crippen LogP contribution in [0.1, 0.15) is 25.7 Å². The zero-order valence-electron chi connectivity index (χ0n) is 10.1. The van der Waals surface area contributed by atoms with Crippen LogP contribution in [0.5, 0.6) is 5.88 Å². The predicted molar refractivity (Wildman–Crippen MR) is 65.0 cm³/mol. The van der Waals surface area contributed by atoms with Crippen LogP contribution in [-0.4, -0.2) is 34.8 Å². The zero-order chi connectivity index (χ0) is 12.1. The minimum Gasteiger partial charge on any atom is -0.481 e. The summed E-state index contributed by atoms with van der Waals surface area (Å²) in [6, 6.07) is 2.08. The van der Waals surface area contributed by atoms with Crippen LogP contribution in [0.15, 0.2) is 12.4 Å². The molecule has 0 spiro atoms. The summed E-state index contributed by atoms with van der Waals surface area (Å²) in [6.45, 7) is 0.236. The van der Waals surface area contributed by atoms with E-state index in [1.165, 1.54) is 19.2 Å². The number of ether oxygens (including phenoxy) is 1. The maximum absolute atomic E-state index is 9.34. The topological polar surface area (TPSA) is 67.3 Å². The molecular weight excluding hydrogens is 218 g/mol. The molecule has 5 nitrogen and oxygen atoms in total. The van der Waals surface area contributed by atoms with E-state index in [1.807, 2.05) is 0 Å². The molecule has 2 unspecified atom stereocenters. The van der Waals surface area contributed by atoms with Gasteiger partial charge in [-0.15, -0.1) is 0 Å². The molecule has 5 heteroatoms. The lowest BCUT2D eigenvalue weighted by atomic mass is 9.85. The highest BCUT2D eigenvalue weighted by Gasteiger charge is 2.24. The number of nitrogens with one attached hydrogen (secondary N) is 1. The summed E-state index contributed by atoms with van der Waals surface area (Å²) < 4.78 is 5.06. The minimum absolute atomic E-state index is 0.236. The highest BCUT2D eigenvalue weighted by Crippen LogP contribution is 2.26. The largest absolute Gasteiger partial charge is 0.481 e. The quantitative estimate of drug-likeness (QED) is 0.829. The standard InChI is InChI=1S/C12H19N3O2/c1-17-12-6-11(13-8-14-12)15-10-5-3-2-4-9(10)7-16/h6,8-10,16H,2-5,7H2,1H3,(H,13,14,15). The Balaban J connectivity index is 2.02. The van der Waals surface area contributed by atoms with Crippen LogP contribution >= 0.6 is 0 Å². The molecule has 1 aliphatic rings. The lowest BCUT2D eigenvalue weighted by Gasteiger charge is -2.31. The number of nitrogens with zero attached hydrogens (tertiary/aromatic N) is 2. The molecule has 1 fully saturated rings. The van der Waals surface area contributed by atoms with E-state index < -0.39 is 0 Å². The van der Waals surface area contributed by atoms with E-state index >= 15 is 0 Å². The molecule has 0 radical (unpaired) electrons. The van der Waals surface area contributed by atoms with Gasteiger partial charge in [0.1, 0.15) is 12.1 Å². The molecule has 0 aromatic carbocycles. The number of anilines is 1. The van der Waals surface area contributed by atoms with Crippen LogP contribution in [-0.2, 0) is 0 Å². The van der Waals surface area contributed by atoms with Crippen molar-refractivity contribution in [2.24, 2.45) is 5.92 Å². The van der Waals surface area contributed by atoms with Crippen molar-refractivity contribution in [1.82, 2.24) is 9.97 Å². The molecule has 2 N–H and O–H groups in total. The summed E-state index contributed by atoms with van der Waals surface area (Å²) in [6.07, 6.45) is 6.05. The first kappa shape index (κ1) is 12.1. The van der Waals surface area contributed by atoms with Gasteiger partial charge in [0.15, 0.2) is 0 Å². The average Bonchev–Trinajstić information content (AvgIpc) is 2.39. The molecule has 1 saturated carbocycles. The van der Waals surface area contributed by atoms with Gasteiger partial charge in [-0.2, -0.15) is 0 Å². The summed E-state index contributed by atoms with van der Waals surface area (Å²) in [5.74, 6) is 1.64.